The van der Waals surface area contributed by atoms with Crippen molar-refractivity contribution < 1.29 is 19.3 Å². The standard InChI is InChI=1S/C10H20O4/c1-10(2,3)14-13-8-6-5-7-9(11)12-4/h5-8H2,1-4H3. The van der Waals surface area contributed by atoms with Gasteiger partial charge in [-0.15, -0.1) is 0 Å². The lowest BCUT2D eigenvalue weighted by Gasteiger charge is -2.17. The third-order valence-corrected chi connectivity index (χ3v) is 1.40. The van der Waals surface area contributed by atoms with E-state index < -0.39 is 0 Å². The van der Waals surface area contributed by atoms with E-state index in [1.165, 1.54) is 7.11 Å². The van der Waals surface area contributed by atoms with Crippen LogP contribution in [0.15, 0.2) is 0 Å². The molecule has 0 aromatic carbocycles. The summed E-state index contributed by atoms with van der Waals surface area (Å²) in [7, 11) is 1.39. The third kappa shape index (κ3) is 9.48. The van der Waals surface area contributed by atoms with Crippen molar-refractivity contribution in [3.63, 3.8) is 0 Å². The molecule has 0 heterocycles. The molecule has 0 radical (unpaired) electrons. The number of unbranched alkanes of at least 4 members (excludes halogenated alkanes) is 1. The van der Waals surface area contributed by atoms with Gasteiger partial charge in [0.05, 0.1) is 19.3 Å². The molecule has 14 heavy (non-hydrogen) atoms. The molecule has 4 nitrogen and oxygen atoms in total. The van der Waals surface area contributed by atoms with Crippen molar-refractivity contribution in [2.24, 2.45) is 0 Å². The fourth-order valence-corrected chi connectivity index (χ4v) is 0.751. The molecule has 0 aliphatic rings. The maximum absolute atomic E-state index is 10.7. The number of rotatable bonds is 6. The van der Waals surface area contributed by atoms with Crippen LogP contribution in [0, 0.1) is 0 Å². The SMILES string of the molecule is COC(=O)CCCCOOC(C)(C)C. The number of esters is 1. The molecule has 0 saturated heterocycles. The Hall–Kier alpha value is -0.610. The van der Waals surface area contributed by atoms with Gasteiger partial charge in [0.2, 0.25) is 0 Å². The summed E-state index contributed by atoms with van der Waals surface area (Å²) >= 11 is 0. The Bertz CT molecular complexity index is 160. The molecule has 0 aromatic heterocycles. The highest BCUT2D eigenvalue weighted by Gasteiger charge is 2.10. The Morgan fingerprint density at radius 1 is 1.21 bits per heavy atom. The second kappa shape index (κ2) is 6.79. The number of methoxy groups -OCH3 is 1. The van der Waals surface area contributed by atoms with Gasteiger partial charge in [0.1, 0.15) is 0 Å². The van der Waals surface area contributed by atoms with Gasteiger partial charge in [-0.05, 0) is 33.6 Å². The van der Waals surface area contributed by atoms with E-state index in [-0.39, 0.29) is 11.6 Å². The quantitative estimate of drug-likeness (QED) is 0.287. The van der Waals surface area contributed by atoms with Crippen LogP contribution in [0.1, 0.15) is 40.0 Å². The summed E-state index contributed by atoms with van der Waals surface area (Å²) in [5.41, 5.74) is -0.275. The predicted octanol–water partition coefficient (Wildman–Crippen LogP) is 2.08. The number of ether oxygens (including phenoxy) is 1. The lowest BCUT2D eigenvalue weighted by Crippen LogP contribution is -2.19. The van der Waals surface area contributed by atoms with E-state index >= 15 is 0 Å². The topological polar surface area (TPSA) is 44.8 Å². The van der Waals surface area contributed by atoms with Crippen LogP contribution >= 0.6 is 0 Å². The molecule has 0 fully saturated rings. The van der Waals surface area contributed by atoms with Crippen LogP contribution in [-0.2, 0) is 19.3 Å². The summed E-state index contributed by atoms with van der Waals surface area (Å²) in [5, 5.41) is 0. The summed E-state index contributed by atoms with van der Waals surface area (Å²) in [6.07, 6.45) is 2.00. The van der Waals surface area contributed by atoms with Crippen molar-refractivity contribution in [3.8, 4) is 0 Å². The van der Waals surface area contributed by atoms with Gasteiger partial charge in [-0.3, -0.25) is 4.79 Å². The van der Waals surface area contributed by atoms with Crippen LogP contribution in [0.3, 0.4) is 0 Å². The van der Waals surface area contributed by atoms with Gasteiger partial charge in [-0.2, -0.15) is 0 Å². The number of hydrogen-bond donors (Lipinski definition) is 0. The van der Waals surface area contributed by atoms with Crippen LogP contribution < -0.4 is 0 Å². The molecule has 84 valence electrons. The highest BCUT2D eigenvalue weighted by atomic mass is 17.2. The van der Waals surface area contributed by atoms with Crippen molar-refractivity contribution >= 4 is 5.97 Å². The normalized spacial score (nSPS) is 11.4. The molecule has 4 heteroatoms. The number of carbonyl (C=O) groups excluding carboxylic acids is 1. The lowest BCUT2D eigenvalue weighted by molar-refractivity contribution is -0.348. The van der Waals surface area contributed by atoms with Crippen LogP contribution in [0.2, 0.25) is 0 Å². The Labute approximate surface area is 85.5 Å². The highest BCUT2D eigenvalue weighted by molar-refractivity contribution is 5.68. The van der Waals surface area contributed by atoms with Gasteiger partial charge in [0, 0.05) is 6.42 Å². The molecule has 0 N–H and O–H groups in total. The van der Waals surface area contributed by atoms with Crippen LogP contribution in [-0.4, -0.2) is 25.3 Å². The molecule has 0 aliphatic heterocycles. The van der Waals surface area contributed by atoms with E-state index in [9.17, 15) is 4.79 Å². The highest BCUT2D eigenvalue weighted by Crippen LogP contribution is 2.07. The molecule has 0 aliphatic carbocycles. The van der Waals surface area contributed by atoms with Gasteiger partial charge in [-0.25, -0.2) is 9.78 Å². The zero-order valence-electron chi connectivity index (χ0n) is 9.46. The van der Waals surface area contributed by atoms with E-state index in [2.05, 4.69) is 4.74 Å². The van der Waals surface area contributed by atoms with Gasteiger partial charge in [0.15, 0.2) is 0 Å². The van der Waals surface area contributed by atoms with Crippen LogP contribution in [0.25, 0.3) is 0 Å². The van der Waals surface area contributed by atoms with Crippen LogP contribution in [0.4, 0.5) is 0 Å². The molecule has 0 spiro atoms. The zero-order chi connectivity index (χ0) is 11.0. The second-order valence-corrected chi connectivity index (χ2v) is 4.05. The van der Waals surface area contributed by atoms with Crippen molar-refractivity contribution in [2.45, 2.75) is 45.6 Å². The Kier molecular flexibility index (Phi) is 6.49. The monoisotopic (exact) mass is 204 g/mol. The Morgan fingerprint density at radius 3 is 2.36 bits per heavy atom. The minimum Gasteiger partial charge on any atom is -0.469 e. The van der Waals surface area contributed by atoms with E-state index in [0.29, 0.717) is 13.0 Å². The molecule has 0 bridgehead atoms. The first kappa shape index (κ1) is 13.4. The van der Waals surface area contributed by atoms with Gasteiger partial charge in [0.25, 0.3) is 0 Å². The van der Waals surface area contributed by atoms with E-state index in [1.807, 2.05) is 20.8 Å². The molecule has 0 rings (SSSR count). The molecule has 0 atom stereocenters. The first-order valence-corrected chi connectivity index (χ1v) is 4.83. The van der Waals surface area contributed by atoms with Crippen molar-refractivity contribution in [1.29, 1.82) is 0 Å². The fourth-order valence-electron chi connectivity index (χ4n) is 0.751. The lowest BCUT2D eigenvalue weighted by atomic mass is 10.2. The van der Waals surface area contributed by atoms with E-state index in [0.717, 1.165) is 12.8 Å². The van der Waals surface area contributed by atoms with Crippen molar-refractivity contribution in [1.82, 2.24) is 0 Å². The molecule has 0 saturated carbocycles. The predicted molar refractivity (Wildman–Crippen MR) is 52.7 cm³/mol. The van der Waals surface area contributed by atoms with Gasteiger partial charge >= 0.3 is 5.97 Å². The van der Waals surface area contributed by atoms with Crippen molar-refractivity contribution in [3.05, 3.63) is 0 Å². The summed E-state index contributed by atoms with van der Waals surface area (Å²) in [6.45, 7) is 6.26. The summed E-state index contributed by atoms with van der Waals surface area (Å²) < 4.78 is 4.50. The maximum atomic E-state index is 10.7. The smallest absolute Gasteiger partial charge is 0.305 e. The zero-order valence-corrected chi connectivity index (χ0v) is 9.46. The maximum Gasteiger partial charge on any atom is 0.305 e. The average Bonchev–Trinajstić information content (AvgIpc) is 2.08. The third-order valence-electron chi connectivity index (χ3n) is 1.40. The Morgan fingerprint density at radius 2 is 1.86 bits per heavy atom. The van der Waals surface area contributed by atoms with E-state index in [1.54, 1.807) is 0 Å². The molecule has 0 aromatic rings. The van der Waals surface area contributed by atoms with Gasteiger partial charge < -0.3 is 4.74 Å². The average molecular weight is 204 g/mol. The van der Waals surface area contributed by atoms with Crippen molar-refractivity contribution in [2.75, 3.05) is 13.7 Å². The van der Waals surface area contributed by atoms with Gasteiger partial charge in [-0.1, -0.05) is 0 Å². The molecular weight excluding hydrogens is 184 g/mol. The Balaban J connectivity index is 3.18. The number of carbonyl (C=O) groups is 1. The second-order valence-electron chi connectivity index (χ2n) is 4.05. The first-order chi connectivity index (χ1) is 6.45. The summed E-state index contributed by atoms with van der Waals surface area (Å²) in [4.78, 5) is 20.7. The van der Waals surface area contributed by atoms with Crippen LogP contribution in [0.5, 0.6) is 0 Å². The minimum atomic E-state index is -0.275. The number of hydrogen-bond acceptors (Lipinski definition) is 4. The fraction of sp³-hybridized carbons (Fsp3) is 0.900. The summed E-state index contributed by atoms with van der Waals surface area (Å²) in [6, 6.07) is 0. The molecule has 0 unspecified atom stereocenters. The molecular formula is C10H20O4. The molecule has 0 amide bonds. The largest absolute Gasteiger partial charge is 0.469 e. The summed E-state index contributed by atoms with van der Waals surface area (Å²) in [5.74, 6) is -0.179. The van der Waals surface area contributed by atoms with E-state index in [4.69, 9.17) is 9.78 Å². The first-order valence-electron chi connectivity index (χ1n) is 4.83. The minimum absolute atomic E-state index is 0.179.